The summed E-state index contributed by atoms with van der Waals surface area (Å²) in [4.78, 5) is 25.5. The molecule has 0 aromatic heterocycles. The molecule has 1 aromatic carbocycles. The monoisotopic (exact) mass is 338 g/mol. The highest BCUT2D eigenvalue weighted by Gasteiger charge is 2.70. The molecule has 4 fully saturated rings. The molecule has 3 N–H and O–H groups in total. The highest BCUT2D eigenvalue weighted by molar-refractivity contribution is 6.40. The molecule has 5 rings (SSSR count). The highest BCUT2D eigenvalue weighted by atomic mass is 19.1. The van der Waals surface area contributed by atoms with Crippen molar-refractivity contribution >= 4 is 17.6 Å². The van der Waals surface area contributed by atoms with Crippen LogP contribution in [0.25, 0.3) is 0 Å². The molecule has 4 aliphatic rings. The zero-order valence-electron chi connectivity index (χ0n) is 12.6. The van der Waals surface area contributed by atoms with Crippen molar-refractivity contribution in [3.8, 4) is 0 Å². The van der Waals surface area contributed by atoms with E-state index in [2.05, 4.69) is 5.32 Å². The second-order valence-electron chi connectivity index (χ2n) is 6.99. The van der Waals surface area contributed by atoms with Crippen LogP contribution in [0.2, 0.25) is 0 Å². The second-order valence-corrected chi connectivity index (χ2v) is 6.99. The zero-order chi connectivity index (χ0) is 17.3. The number of Topliss-reactive ketones (excluding diaryl/α,β-unsaturated/α-hetero) is 1. The number of rotatable bonds is 2. The highest BCUT2D eigenvalue weighted by Crippen LogP contribution is 2.63. The van der Waals surface area contributed by atoms with Gasteiger partial charge >= 0.3 is 11.9 Å². The fourth-order valence-corrected chi connectivity index (χ4v) is 4.04. The molecule has 3 aliphatic carbocycles. The first-order chi connectivity index (χ1) is 11.2. The molecule has 3 saturated carbocycles. The number of likely N-dealkylation sites (tertiary alicyclic amines) is 1. The molecule has 0 radical (unpaired) electrons. The van der Waals surface area contributed by atoms with Gasteiger partial charge in [0.2, 0.25) is 5.78 Å². The van der Waals surface area contributed by atoms with Gasteiger partial charge in [0, 0.05) is 30.9 Å². The minimum atomic E-state index is -1.19. The lowest BCUT2D eigenvalue weighted by atomic mass is 9.47. The summed E-state index contributed by atoms with van der Waals surface area (Å²) in [6.07, 6.45) is 0.578. The Morgan fingerprint density at radius 1 is 1.21 bits per heavy atom. The van der Waals surface area contributed by atoms with Gasteiger partial charge in [0.25, 0.3) is 0 Å². The van der Waals surface area contributed by atoms with Crippen molar-refractivity contribution in [2.24, 2.45) is 0 Å². The van der Waals surface area contributed by atoms with E-state index in [1.165, 1.54) is 0 Å². The minimum Gasteiger partial charge on any atom is -0.312 e. The molecular weight excluding hydrogens is 323 g/mol. The van der Waals surface area contributed by atoms with Crippen LogP contribution < -0.4 is 10.7 Å². The van der Waals surface area contributed by atoms with Crippen molar-refractivity contribution in [3.63, 3.8) is 0 Å². The lowest BCUT2D eigenvalue weighted by molar-refractivity contribution is -0.163. The number of alkyl halides is 1. The van der Waals surface area contributed by atoms with E-state index >= 15 is 0 Å². The summed E-state index contributed by atoms with van der Waals surface area (Å²) in [5.41, 5.74) is -1.62. The van der Waals surface area contributed by atoms with Crippen LogP contribution >= 0.6 is 0 Å². The van der Waals surface area contributed by atoms with E-state index < -0.39 is 40.7 Å². The number of benzene rings is 1. The third-order valence-corrected chi connectivity index (χ3v) is 5.06. The molecule has 2 bridgehead atoms. The van der Waals surface area contributed by atoms with Gasteiger partial charge in [-0.05, 0) is 12.1 Å². The lowest BCUT2D eigenvalue weighted by Gasteiger charge is -2.65. The molecule has 0 unspecified atom stereocenters. The average Bonchev–Trinajstić information content (AvgIpc) is 2.71. The van der Waals surface area contributed by atoms with Crippen molar-refractivity contribution in [1.82, 2.24) is 10.2 Å². The Morgan fingerprint density at radius 2 is 1.79 bits per heavy atom. The Bertz CT molecular complexity index is 755. The van der Waals surface area contributed by atoms with E-state index in [4.69, 9.17) is 5.41 Å². The van der Waals surface area contributed by atoms with Gasteiger partial charge < -0.3 is 5.32 Å². The van der Waals surface area contributed by atoms with E-state index in [0.29, 0.717) is 6.07 Å². The van der Waals surface area contributed by atoms with Gasteiger partial charge in [-0.25, -0.2) is 18.0 Å². The maximum atomic E-state index is 13.6. The fraction of sp³-hybridized carbons (Fsp3) is 0.438. The smallest absolute Gasteiger partial charge is 0.312 e. The quantitative estimate of drug-likeness (QED) is 0.837. The first-order valence-electron chi connectivity index (χ1n) is 7.62. The number of carbonyl (C=O) groups excluding carboxylic acids is 2. The molecular formula is C16H15F3N3O2+. The predicted octanol–water partition coefficient (Wildman–Crippen LogP) is 0.792. The molecule has 1 heterocycles. The topological polar surface area (TPSA) is 75.0 Å². The second kappa shape index (κ2) is 4.58. The predicted molar refractivity (Wildman–Crippen MR) is 76.4 cm³/mol. The zero-order valence-corrected chi connectivity index (χ0v) is 12.6. The summed E-state index contributed by atoms with van der Waals surface area (Å²) in [5, 5.41) is 8.43. The third-order valence-electron chi connectivity index (χ3n) is 5.06. The van der Waals surface area contributed by atoms with E-state index in [9.17, 15) is 22.8 Å². The van der Waals surface area contributed by atoms with Gasteiger partial charge in [0.15, 0.2) is 0 Å². The summed E-state index contributed by atoms with van der Waals surface area (Å²) in [7, 11) is 0. The Labute approximate surface area is 135 Å². The third kappa shape index (κ3) is 2.12. The van der Waals surface area contributed by atoms with Crippen LogP contribution in [0.1, 0.15) is 37.3 Å². The number of hydrogen-bond acceptors (Lipinski definition) is 2. The van der Waals surface area contributed by atoms with E-state index in [-0.39, 0.29) is 37.1 Å². The Kier molecular flexibility index (Phi) is 2.90. The summed E-state index contributed by atoms with van der Waals surface area (Å²) >= 11 is 0. The molecule has 126 valence electrons. The molecule has 1 atom stereocenters. The maximum absolute atomic E-state index is 13.6. The number of halogens is 3. The van der Waals surface area contributed by atoms with Crippen LogP contribution in [-0.4, -0.2) is 33.8 Å². The number of ketones is 1. The van der Waals surface area contributed by atoms with Gasteiger partial charge in [-0.1, -0.05) is 0 Å². The van der Waals surface area contributed by atoms with Gasteiger partial charge in [0.05, 0.1) is 12.0 Å². The average molecular weight is 338 g/mol. The number of amidine groups is 1. The van der Waals surface area contributed by atoms with E-state index in [1.54, 1.807) is 0 Å². The van der Waals surface area contributed by atoms with Crippen LogP contribution in [-0.2, 0) is 4.79 Å². The van der Waals surface area contributed by atoms with Crippen LogP contribution in [0, 0.1) is 11.6 Å². The number of urea groups is 1. The summed E-state index contributed by atoms with van der Waals surface area (Å²) in [5.74, 6) is -2.35. The number of carbonyl (C=O) groups is 2. The van der Waals surface area contributed by atoms with E-state index in [0.717, 1.165) is 17.0 Å². The molecule has 1 saturated heterocycles. The van der Waals surface area contributed by atoms with Crippen molar-refractivity contribution in [2.75, 3.05) is 0 Å². The number of nitrogens with zero attached hydrogens (tertiary/aromatic N) is 1. The standard InChI is InChI=1S/C16H14F3N3O2/c17-9-1-8(2-10(18)3-9)11-4-12(23)13(20)22(11)14(24)21-16-5-15(19,6-16)7-16/h1-3,11,20H,4-7H2,(H,21,24)/p+1/t11-,15?,16?/m0/s1. The van der Waals surface area contributed by atoms with Gasteiger partial charge in [-0.15, -0.1) is 0 Å². The van der Waals surface area contributed by atoms with Crippen molar-refractivity contribution in [3.05, 3.63) is 35.4 Å². The summed E-state index contributed by atoms with van der Waals surface area (Å²) in [6, 6.07) is 1.32. The van der Waals surface area contributed by atoms with Gasteiger partial charge in [-0.3, -0.25) is 10.2 Å². The first kappa shape index (κ1) is 15.2. The molecule has 1 aliphatic heterocycles. The fourth-order valence-electron chi connectivity index (χ4n) is 4.04. The largest absolute Gasteiger partial charge is 0.409 e. The number of hydrogen-bond donors (Lipinski definition) is 2. The molecule has 5 nitrogen and oxygen atoms in total. The Morgan fingerprint density at radius 3 is 2.33 bits per heavy atom. The normalized spacial score (nSPS) is 34.0. The minimum absolute atomic E-state index is 0.149. The number of nitrogens with one attached hydrogen (secondary N) is 1. The SMILES string of the molecule is [NH2+]=C1C(=O)C[C@@H](c2cc(F)cc(F)c2)N1C(=O)NC12CC(F)(C1)C2. The van der Waals surface area contributed by atoms with Crippen LogP contribution in [0.3, 0.4) is 0 Å². The van der Waals surface area contributed by atoms with Crippen molar-refractivity contribution in [1.29, 1.82) is 0 Å². The molecule has 24 heavy (non-hydrogen) atoms. The summed E-state index contributed by atoms with van der Waals surface area (Å²) < 4.78 is 40.5. The maximum Gasteiger partial charge on any atom is 0.409 e. The van der Waals surface area contributed by atoms with Crippen molar-refractivity contribution in [2.45, 2.75) is 42.9 Å². The molecule has 2 amide bonds. The van der Waals surface area contributed by atoms with Crippen LogP contribution in [0.4, 0.5) is 18.0 Å². The number of amides is 2. The Hall–Kier alpha value is -2.38. The van der Waals surface area contributed by atoms with Crippen LogP contribution in [0.5, 0.6) is 0 Å². The van der Waals surface area contributed by atoms with Gasteiger partial charge in [-0.2, -0.15) is 4.90 Å². The lowest BCUT2D eigenvalue weighted by Crippen LogP contribution is -2.78. The number of nitrogens with two attached hydrogens (primary N) is 1. The molecule has 0 spiro atoms. The van der Waals surface area contributed by atoms with E-state index in [1.807, 2.05) is 0 Å². The summed E-state index contributed by atoms with van der Waals surface area (Å²) in [6.45, 7) is 0. The van der Waals surface area contributed by atoms with Crippen molar-refractivity contribution < 1.29 is 28.2 Å². The van der Waals surface area contributed by atoms with Gasteiger partial charge in [0.1, 0.15) is 23.3 Å². The first-order valence-corrected chi connectivity index (χ1v) is 7.62. The Balaban J connectivity index is 1.60. The van der Waals surface area contributed by atoms with Crippen LogP contribution in [0.15, 0.2) is 18.2 Å². The molecule has 1 aromatic rings. The molecule has 8 heteroatoms.